The zero-order valence-electron chi connectivity index (χ0n) is 9.66. The van der Waals surface area contributed by atoms with Gasteiger partial charge in [-0.25, -0.2) is 0 Å². The van der Waals surface area contributed by atoms with Crippen LogP contribution < -0.4 is 16.4 Å². The van der Waals surface area contributed by atoms with Crippen molar-refractivity contribution in [3.05, 3.63) is 35.7 Å². The first-order valence-electron chi connectivity index (χ1n) is 5.66. The Morgan fingerprint density at radius 2 is 2.33 bits per heavy atom. The molecule has 3 rings (SSSR count). The van der Waals surface area contributed by atoms with E-state index in [9.17, 15) is 4.79 Å². The number of nitrogens with zero attached hydrogens (tertiary/aromatic N) is 1. The first kappa shape index (κ1) is 10.6. The zero-order chi connectivity index (χ0) is 12.5. The van der Waals surface area contributed by atoms with Crippen LogP contribution in [0, 0.1) is 0 Å². The Morgan fingerprint density at radius 1 is 1.44 bits per heavy atom. The molecule has 0 unspecified atom stereocenters. The van der Waals surface area contributed by atoms with Gasteiger partial charge in [0, 0.05) is 24.0 Å². The van der Waals surface area contributed by atoms with Gasteiger partial charge in [0.1, 0.15) is 0 Å². The van der Waals surface area contributed by atoms with Crippen LogP contribution in [0.1, 0.15) is 11.1 Å². The molecule has 2 heterocycles. The number of amides is 1. The highest BCUT2D eigenvalue weighted by Gasteiger charge is 2.19. The van der Waals surface area contributed by atoms with Crippen LogP contribution in [-0.2, 0) is 17.8 Å². The van der Waals surface area contributed by atoms with E-state index in [0.717, 1.165) is 22.5 Å². The van der Waals surface area contributed by atoms with Gasteiger partial charge in [-0.2, -0.15) is 5.10 Å². The number of carbonyl (C=O) groups excluding carboxylic acids is 1. The molecule has 5 N–H and O–H groups in total. The van der Waals surface area contributed by atoms with E-state index in [1.807, 2.05) is 18.3 Å². The van der Waals surface area contributed by atoms with Crippen LogP contribution in [-0.4, -0.2) is 16.1 Å². The molecule has 0 spiro atoms. The third-order valence-corrected chi connectivity index (χ3v) is 2.94. The Balaban J connectivity index is 1.80. The third kappa shape index (κ3) is 1.88. The van der Waals surface area contributed by atoms with Gasteiger partial charge >= 0.3 is 0 Å². The Morgan fingerprint density at radius 3 is 3.11 bits per heavy atom. The number of aromatic nitrogens is 2. The molecule has 0 radical (unpaired) electrons. The van der Waals surface area contributed by atoms with E-state index in [-0.39, 0.29) is 5.91 Å². The molecular formula is C12H13N5O. The van der Waals surface area contributed by atoms with Gasteiger partial charge in [-0.05, 0) is 17.7 Å². The van der Waals surface area contributed by atoms with Crippen LogP contribution >= 0.6 is 0 Å². The predicted molar refractivity (Wildman–Crippen MR) is 69.1 cm³/mol. The van der Waals surface area contributed by atoms with Crippen molar-refractivity contribution in [1.29, 1.82) is 0 Å². The molecule has 1 aliphatic heterocycles. The molecule has 92 valence electrons. The fourth-order valence-corrected chi connectivity index (χ4v) is 2.02. The van der Waals surface area contributed by atoms with Gasteiger partial charge < -0.3 is 16.4 Å². The minimum atomic E-state index is 0.0105. The SMILES string of the molecule is Nc1cc2c(cc1NCc1cn[nH]c1)NC(=O)C2. The summed E-state index contributed by atoms with van der Waals surface area (Å²) in [6, 6.07) is 3.71. The third-order valence-electron chi connectivity index (χ3n) is 2.94. The molecule has 1 aromatic heterocycles. The molecule has 1 aromatic carbocycles. The summed E-state index contributed by atoms with van der Waals surface area (Å²) in [7, 11) is 0. The van der Waals surface area contributed by atoms with Gasteiger partial charge in [0.2, 0.25) is 5.91 Å². The van der Waals surface area contributed by atoms with E-state index in [0.29, 0.717) is 18.7 Å². The van der Waals surface area contributed by atoms with Crippen LogP contribution in [0.25, 0.3) is 0 Å². The van der Waals surface area contributed by atoms with Crippen molar-refractivity contribution in [2.45, 2.75) is 13.0 Å². The summed E-state index contributed by atoms with van der Waals surface area (Å²) < 4.78 is 0. The molecule has 0 saturated heterocycles. The van der Waals surface area contributed by atoms with Crippen molar-refractivity contribution in [2.75, 3.05) is 16.4 Å². The van der Waals surface area contributed by atoms with Gasteiger partial charge in [0.15, 0.2) is 0 Å². The van der Waals surface area contributed by atoms with E-state index < -0.39 is 0 Å². The maximum atomic E-state index is 11.3. The molecule has 18 heavy (non-hydrogen) atoms. The maximum Gasteiger partial charge on any atom is 0.228 e. The highest BCUT2D eigenvalue weighted by Crippen LogP contribution is 2.31. The van der Waals surface area contributed by atoms with E-state index in [1.165, 1.54) is 0 Å². The van der Waals surface area contributed by atoms with Crippen molar-refractivity contribution in [3.8, 4) is 0 Å². The van der Waals surface area contributed by atoms with Gasteiger partial charge in [-0.1, -0.05) is 0 Å². The lowest BCUT2D eigenvalue weighted by atomic mass is 10.1. The van der Waals surface area contributed by atoms with Crippen LogP contribution in [0.15, 0.2) is 24.5 Å². The molecule has 0 aliphatic carbocycles. The predicted octanol–water partition coefficient (Wildman–Crippen LogP) is 1.10. The lowest BCUT2D eigenvalue weighted by Gasteiger charge is -2.10. The monoisotopic (exact) mass is 243 g/mol. The molecular weight excluding hydrogens is 230 g/mol. The largest absolute Gasteiger partial charge is 0.397 e. The Bertz CT molecular complexity index is 591. The number of aromatic amines is 1. The molecule has 0 atom stereocenters. The van der Waals surface area contributed by atoms with Gasteiger partial charge in [-0.15, -0.1) is 0 Å². The lowest BCUT2D eigenvalue weighted by Crippen LogP contribution is -2.04. The van der Waals surface area contributed by atoms with Gasteiger partial charge in [-0.3, -0.25) is 9.89 Å². The molecule has 6 heteroatoms. The number of anilines is 3. The Hall–Kier alpha value is -2.50. The quantitative estimate of drug-likeness (QED) is 0.607. The summed E-state index contributed by atoms with van der Waals surface area (Å²) in [5.74, 6) is 0.0105. The van der Waals surface area contributed by atoms with Gasteiger partial charge in [0.05, 0.1) is 24.0 Å². The summed E-state index contributed by atoms with van der Waals surface area (Å²) in [5.41, 5.74) is 10.2. The number of hydrogen-bond acceptors (Lipinski definition) is 4. The summed E-state index contributed by atoms with van der Waals surface area (Å²) in [4.78, 5) is 11.3. The summed E-state index contributed by atoms with van der Waals surface area (Å²) >= 11 is 0. The second-order valence-electron chi connectivity index (χ2n) is 4.28. The fraction of sp³-hybridized carbons (Fsp3) is 0.167. The van der Waals surface area contributed by atoms with E-state index in [1.54, 1.807) is 6.20 Å². The number of nitrogens with one attached hydrogen (secondary N) is 3. The van der Waals surface area contributed by atoms with Crippen molar-refractivity contribution < 1.29 is 4.79 Å². The Kier molecular flexibility index (Phi) is 2.40. The number of rotatable bonds is 3. The summed E-state index contributed by atoms with van der Waals surface area (Å²) in [6.07, 6.45) is 3.97. The van der Waals surface area contributed by atoms with Crippen LogP contribution in [0.4, 0.5) is 17.1 Å². The van der Waals surface area contributed by atoms with Crippen LogP contribution in [0.2, 0.25) is 0 Å². The van der Waals surface area contributed by atoms with Gasteiger partial charge in [0.25, 0.3) is 0 Å². The molecule has 0 saturated carbocycles. The second-order valence-corrected chi connectivity index (χ2v) is 4.28. The minimum absolute atomic E-state index is 0.0105. The maximum absolute atomic E-state index is 11.3. The normalized spacial score (nSPS) is 13.2. The number of hydrogen-bond donors (Lipinski definition) is 4. The summed E-state index contributed by atoms with van der Waals surface area (Å²) in [5, 5.41) is 12.6. The van der Waals surface area contributed by atoms with Crippen molar-refractivity contribution in [3.63, 3.8) is 0 Å². The lowest BCUT2D eigenvalue weighted by molar-refractivity contribution is -0.115. The number of H-pyrrole nitrogens is 1. The van der Waals surface area contributed by atoms with E-state index in [2.05, 4.69) is 20.8 Å². The average molecular weight is 243 g/mol. The fourth-order valence-electron chi connectivity index (χ4n) is 2.02. The summed E-state index contributed by atoms with van der Waals surface area (Å²) in [6.45, 7) is 0.632. The van der Waals surface area contributed by atoms with Crippen molar-refractivity contribution in [1.82, 2.24) is 10.2 Å². The number of carbonyl (C=O) groups is 1. The minimum Gasteiger partial charge on any atom is -0.397 e. The smallest absolute Gasteiger partial charge is 0.228 e. The van der Waals surface area contributed by atoms with Crippen LogP contribution in [0.3, 0.4) is 0 Å². The molecule has 2 aromatic rings. The Labute approximate surface area is 104 Å². The van der Waals surface area contributed by atoms with E-state index >= 15 is 0 Å². The first-order valence-corrected chi connectivity index (χ1v) is 5.66. The highest BCUT2D eigenvalue weighted by atomic mass is 16.1. The zero-order valence-corrected chi connectivity index (χ0v) is 9.66. The average Bonchev–Trinajstić information content (AvgIpc) is 2.94. The molecule has 1 amide bonds. The van der Waals surface area contributed by atoms with Crippen molar-refractivity contribution in [2.24, 2.45) is 0 Å². The van der Waals surface area contributed by atoms with Crippen molar-refractivity contribution >= 4 is 23.0 Å². The highest BCUT2D eigenvalue weighted by molar-refractivity contribution is 6.00. The number of benzene rings is 1. The molecule has 1 aliphatic rings. The number of nitrogens with two attached hydrogens (primary N) is 1. The number of fused-ring (bicyclic) bond motifs is 1. The van der Waals surface area contributed by atoms with Crippen LogP contribution in [0.5, 0.6) is 0 Å². The molecule has 6 nitrogen and oxygen atoms in total. The molecule has 0 bridgehead atoms. The topological polar surface area (TPSA) is 95.8 Å². The standard InChI is InChI=1S/C12H13N5O/c13-9-1-8-2-12(18)17-10(8)3-11(9)14-4-7-5-15-16-6-7/h1,3,5-6,14H,2,4,13H2,(H,15,16)(H,17,18). The first-order chi connectivity index (χ1) is 8.72. The number of nitrogen functional groups attached to an aromatic ring is 1. The molecule has 0 fully saturated rings. The van der Waals surface area contributed by atoms with E-state index in [4.69, 9.17) is 5.73 Å². The second kappa shape index (κ2) is 4.06.